The van der Waals surface area contributed by atoms with Crippen LogP contribution >= 0.6 is 0 Å². The van der Waals surface area contributed by atoms with Crippen LogP contribution in [-0.2, 0) is 4.74 Å². The van der Waals surface area contributed by atoms with E-state index < -0.39 is 0 Å². The van der Waals surface area contributed by atoms with Gasteiger partial charge in [-0.1, -0.05) is 0 Å². The molecule has 0 radical (unpaired) electrons. The number of hydrogen-bond donors (Lipinski definition) is 0. The zero-order valence-corrected chi connectivity index (χ0v) is 13.8. The van der Waals surface area contributed by atoms with Crippen LogP contribution in [0.5, 0.6) is 11.6 Å². The second-order valence-electron chi connectivity index (χ2n) is 5.67. The highest BCUT2D eigenvalue weighted by Crippen LogP contribution is 2.25. The molecule has 3 rings (SSSR count). The molecule has 0 spiro atoms. The van der Waals surface area contributed by atoms with Crippen molar-refractivity contribution >= 4 is 10.9 Å². The Balaban J connectivity index is 1.59. The maximum absolute atomic E-state index is 9.16. The molecule has 126 valence electrons. The van der Waals surface area contributed by atoms with Gasteiger partial charge in [0, 0.05) is 25.0 Å². The van der Waals surface area contributed by atoms with E-state index in [1.807, 2.05) is 18.2 Å². The zero-order chi connectivity index (χ0) is 16.8. The molecule has 2 heterocycles. The molecule has 6 heteroatoms. The SMILES string of the molecule is COc1nc2ccc(OCCCN3CCOCC3)cc2cc1C#N. The fraction of sp³-hybridized carbons (Fsp3) is 0.444. The molecule has 0 unspecified atom stereocenters. The first-order valence-electron chi connectivity index (χ1n) is 8.12. The molecule has 1 aromatic carbocycles. The van der Waals surface area contributed by atoms with Gasteiger partial charge in [0.1, 0.15) is 17.4 Å². The largest absolute Gasteiger partial charge is 0.494 e. The number of benzene rings is 1. The van der Waals surface area contributed by atoms with E-state index in [2.05, 4.69) is 16.0 Å². The number of nitriles is 1. The van der Waals surface area contributed by atoms with Crippen molar-refractivity contribution in [2.75, 3.05) is 46.6 Å². The van der Waals surface area contributed by atoms with Crippen molar-refractivity contribution in [1.82, 2.24) is 9.88 Å². The van der Waals surface area contributed by atoms with Gasteiger partial charge in [-0.25, -0.2) is 4.98 Å². The van der Waals surface area contributed by atoms with E-state index in [1.54, 1.807) is 6.07 Å². The molecular formula is C18H21N3O3. The highest BCUT2D eigenvalue weighted by Gasteiger charge is 2.10. The lowest BCUT2D eigenvalue weighted by atomic mass is 10.1. The molecule has 0 bridgehead atoms. The summed E-state index contributed by atoms with van der Waals surface area (Å²) in [5.41, 5.74) is 1.21. The van der Waals surface area contributed by atoms with Gasteiger partial charge in [-0.3, -0.25) is 4.90 Å². The second kappa shape index (κ2) is 7.95. The molecule has 24 heavy (non-hydrogen) atoms. The summed E-state index contributed by atoms with van der Waals surface area (Å²) in [5, 5.41) is 10.0. The average molecular weight is 327 g/mol. The molecule has 0 amide bonds. The third-order valence-electron chi connectivity index (χ3n) is 4.06. The van der Waals surface area contributed by atoms with Crippen LogP contribution in [0.15, 0.2) is 24.3 Å². The number of morpholine rings is 1. The van der Waals surface area contributed by atoms with Crippen LogP contribution in [0.2, 0.25) is 0 Å². The standard InChI is InChI=1S/C18H21N3O3/c1-22-18-15(13-19)11-14-12-16(3-4-17(14)20-18)24-8-2-5-21-6-9-23-10-7-21/h3-4,11-12H,2,5-10H2,1H3. The van der Waals surface area contributed by atoms with Crippen LogP contribution in [0.4, 0.5) is 0 Å². The van der Waals surface area contributed by atoms with Gasteiger partial charge in [0.25, 0.3) is 0 Å². The molecule has 1 fully saturated rings. The van der Waals surface area contributed by atoms with E-state index in [4.69, 9.17) is 19.5 Å². The number of ether oxygens (including phenoxy) is 3. The molecule has 1 aromatic heterocycles. The first kappa shape index (κ1) is 16.5. The molecule has 0 saturated carbocycles. The number of nitrogens with zero attached hydrogens (tertiary/aromatic N) is 3. The summed E-state index contributed by atoms with van der Waals surface area (Å²) in [4.78, 5) is 6.74. The summed E-state index contributed by atoms with van der Waals surface area (Å²) < 4.78 is 16.3. The van der Waals surface area contributed by atoms with Crippen LogP contribution in [0.25, 0.3) is 10.9 Å². The van der Waals surface area contributed by atoms with E-state index in [0.29, 0.717) is 18.1 Å². The quantitative estimate of drug-likeness (QED) is 0.758. The monoisotopic (exact) mass is 327 g/mol. The fourth-order valence-electron chi connectivity index (χ4n) is 2.77. The van der Waals surface area contributed by atoms with E-state index in [9.17, 15) is 0 Å². The van der Waals surface area contributed by atoms with Crippen LogP contribution in [0.3, 0.4) is 0 Å². The average Bonchev–Trinajstić information content (AvgIpc) is 2.64. The Morgan fingerprint density at radius 1 is 1.29 bits per heavy atom. The number of rotatable bonds is 6. The molecule has 1 saturated heterocycles. The van der Waals surface area contributed by atoms with Crippen LogP contribution in [-0.4, -0.2) is 56.4 Å². The van der Waals surface area contributed by atoms with Crippen molar-refractivity contribution in [3.63, 3.8) is 0 Å². The lowest BCUT2D eigenvalue weighted by molar-refractivity contribution is 0.0358. The van der Waals surface area contributed by atoms with E-state index in [-0.39, 0.29) is 0 Å². The molecule has 1 aliphatic rings. The van der Waals surface area contributed by atoms with Gasteiger partial charge in [-0.05, 0) is 30.7 Å². The number of pyridine rings is 1. The summed E-state index contributed by atoms with van der Waals surface area (Å²) in [5.74, 6) is 1.14. The maximum Gasteiger partial charge on any atom is 0.231 e. The number of methoxy groups -OCH3 is 1. The molecular weight excluding hydrogens is 306 g/mol. The Bertz CT molecular complexity index is 736. The summed E-state index contributed by atoms with van der Waals surface area (Å²) in [6.07, 6.45) is 0.975. The van der Waals surface area contributed by atoms with E-state index in [0.717, 1.165) is 55.9 Å². The highest BCUT2D eigenvalue weighted by molar-refractivity contribution is 5.82. The first-order valence-corrected chi connectivity index (χ1v) is 8.12. The van der Waals surface area contributed by atoms with Gasteiger partial charge in [-0.15, -0.1) is 0 Å². The van der Waals surface area contributed by atoms with Crippen molar-refractivity contribution in [1.29, 1.82) is 5.26 Å². The van der Waals surface area contributed by atoms with E-state index in [1.165, 1.54) is 7.11 Å². The normalized spacial score (nSPS) is 15.2. The van der Waals surface area contributed by atoms with Gasteiger partial charge >= 0.3 is 0 Å². The van der Waals surface area contributed by atoms with Gasteiger partial charge < -0.3 is 14.2 Å². The Morgan fingerprint density at radius 2 is 2.12 bits per heavy atom. The smallest absolute Gasteiger partial charge is 0.231 e. The van der Waals surface area contributed by atoms with Gasteiger partial charge in [0.2, 0.25) is 5.88 Å². The number of aromatic nitrogens is 1. The molecule has 1 aliphatic heterocycles. The molecule has 0 N–H and O–H groups in total. The second-order valence-corrected chi connectivity index (χ2v) is 5.67. The Hall–Kier alpha value is -2.36. The first-order chi connectivity index (χ1) is 11.8. The van der Waals surface area contributed by atoms with Crippen LogP contribution < -0.4 is 9.47 Å². The Kier molecular flexibility index (Phi) is 5.47. The van der Waals surface area contributed by atoms with Crippen LogP contribution in [0, 0.1) is 11.3 Å². The van der Waals surface area contributed by atoms with Gasteiger partial charge in [-0.2, -0.15) is 5.26 Å². The van der Waals surface area contributed by atoms with Crippen molar-refractivity contribution in [3.8, 4) is 17.7 Å². The molecule has 0 aliphatic carbocycles. The third-order valence-corrected chi connectivity index (χ3v) is 4.06. The van der Waals surface area contributed by atoms with Crippen molar-refractivity contribution < 1.29 is 14.2 Å². The number of fused-ring (bicyclic) bond motifs is 1. The minimum Gasteiger partial charge on any atom is -0.494 e. The van der Waals surface area contributed by atoms with E-state index >= 15 is 0 Å². The van der Waals surface area contributed by atoms with Crippen molar-refractivity contribution in [2.45, 2.75) is 6.42 Å². The summed E-state index contributed by atoms with van der Waals surface area (Å²) in [6, 6.07) is 9.58. The third kappa shape index (κ3) is 3.94. The summed E-state index contributed by atoms with van der Waals surface area (Å²) in [6.45, 7) is 5.33. The van der Waals surface area contributed by atoms with Gasteiger partial charge in [0.15, 0.2) is 0 Å². The summed E-state index contributed by atoms with van der Waals surface area (Å²) >= 11 is 0. The fourth-order valence-corrected chi connectivity index (χ4v) is 2.77. The van der Waals surface area contributed by atoms with Crippen molar-refractivity contribution in [2.24, 2.45) is 0 Å². The predicted molar refractivity (Wildman–Crippen MR) is 90.4 cm³/mol. The lowest BCUT2D eigenvalue weighted by Crippen LogP contribution is -2.37. The van der Waals surface area contributed by atoms with Gasteiger partial charge in [0.05, 0.1) is 32.4 Å². The number of hydrogen-bond acceptors (Lipinski definition) is 6. The summed E-state index contributed by atoms with van der Waals surface area (Å²) in [7, 11) is 1.51. The zero-order valence-electron chi connectivity index (χ0n) is 13.8. The predicted octanol–water partition coefficient (Wildman–Crippen LogP) is 2.22. The topological polar surface area (TPSA) is 67.6 Å². The maximum atomic E-state index is 9.16. The highest BCUT2D eigenvalue weighted by atomic mass is 16.5. The Labute approximate surface area is 141 Å². The minimum atomic E-state index is 0.351. The minimum absolute atomic E-state index is 0.351. The lowest BCUT2D eigenvalue weighted by Gasteiger charge is -2.26. The molecule has 2 aromatic rings. The van der Waals surface area contributed by atoms with Crippen molar-refractivity contribution in [3.05, 3.63) is 29.8 Å². The molecule has 0 atom stereocenters. The van der Waals surface area contributed by atoms with Crippen LogP contribution in [0.1, 0.15) is 12.0 Å². The molecule has 6 nitrogen and oxygen atoms in total. The Morgan fingerprint density at radius 3 is 2.88 bits per heavy atom.